The van der Waals surface area contributed by atoms with Crippen LogP contribution in [0.3, 0.4) is 0 Å². The molecule has 2 aromatic heterocycles. The first-order chi connectivity index (χ1) is 16.1. The molecule has 4 aromatic rings. The van der Waals surface area contributed by atoms with Crippen molar-refractivity contribution in [1.29, 1.82) is 0 Å². The number of benzene rings is 2. The number of anilines is 2. The smallest absolute Gasteiger partial charge is 0.339 e. The topological polar surface area (TPSA) is 130 Å². The number of esters is 1. The maximum atomic E-state index is 13.3. The van der Waals surface area contributed by atoms with Crippen LogP contribution in [-0.4, -0.2) is 25.9 Å². The number of aromatic nitrogens is 4. The fourth-order valence-corrected chi connectivity index (χ4v) is 4.18. The third-order valence-corrected chi connectivity index (χ3v) is 5.56. The number of hydrogen-bond donors (Lipinski definition) is 2. The molecule has 0 atom stereocenters. The molecular weight excluding hydrogens is 416 g/mol. The van der Waals surface area contributed by atoms with Gasteiger partial charge in [0.1, 0.15) is 0 Å². The fraction of sp³-hybridized carbons (Fsp3) is 0.160. The van der Waals surface area contributed by atoms with E-state index in [1.807, 2.05) is 42.5 Å². The van der Waals surface area contributed by atoms with Crippen molar-refractivity contribution < 1.29 is 9.53 Å². The molecule has 1 aliphatic carbocycles. The second-order valence-corrected chi connectivity index (χ2v) is 7.81. The molecule has 0 aliphatic heterocycles. The number of ether oxygens (including phenoxy) is 1. The number of rotatable bonds is 4. The average Bonchev–Trinajstić information content (AvgIpc) is 2.81. The molecule has 8 heteroatoms. The molecule has 8 nitrogen and oxygen atoms in total. The number of nitrogens with two attached hydrogens (primary N) is 2. The Labute approximate surface area is 190 Å². The number of allylic oxidation sites excluding steroid dienone is 1. The van der Waals surface area contributed by atoms with Crippen molar-refractivity contribution in [1.82, 2.24) is 19.9 Å². The second kappa shape index (κ2) is 8.66. The first-order valence-corrected chi connectivity index (χ1v) is 10.7. The monoisotopic (exact) mass is 438 g/mol. The molecule has 0 bridgehead atoms. The van der Waals surface area contributed by atoms with Crippen LogP contribution in [0.1, 0.15) is 45.8 Å². The van der Waals surface area contributed by atoms with E-state index in [9.17, 15) is 4.79 Å². The van der Waals surface area contributed by atoms with Crippen LogP contribution in [0.15, 0.2) is 54.6 Å². The fourth-order valence-electron chi connectivity index (χ4n) is 4.18. The SMILES string of the molecule is Nc1nc(N)nc(COC(=O)c2c3c(nc4ccccc24)/C(=C/c2ccccc2)CCC3)n1. The van der Waals surface area contributed by atoms with Crippen LogP contribution in [-0.2, 0) is 17.8 Å². The average molecular weight is 438 g/mol. The zero-order valence-corrected chi connectivity index (χ0v) is 17.9. The Morgan fingerprint density at radius 3 is 2.42 bits per heavy atom. The van der Waals surface area contributed by atoms with Gasteiger partial charge in [0.15, 0.2) is 12.4 Å². The molecule has 0 unspecified atom stereocenters. The van der Waals surface area contributed by atoms with E-state index < -0.39 is 5.97 Å². The summed E-state index contributed by atoms with van der Waals surface area (Å²) in [6, 6.07) is 17.7. The van der Waals surface area contributed by atoms with Gasteiger partial charge in [0.25, 0.3) is 0 Å². The normalized spacial score (nSPS) is 14.2. The predicted octanol–water partition coefficient (Wildman–Crippen LogP) is 3.82. The molecule has 0 fully saturated rings. The summed E-state index contributed by atoms with van der Waals surface area (Å²) < 4.78 is 5.60. The van der Waals surface area contributed by atoms with Crippen molar-refractivity contribution in [2.24, 2.45) is 0 Å². The largest absolute Gasteiger partial charge is 0.454 e. The summed E-state index contributed by atoms with van der Waals surface area (Å²) in [6.07, 6.45) is 4.71. The van der Waals surface area contributed by atoms with Crippen molar-refractivity contribution in [3.8, 4) is 0 Å². The van der Waals surface area contributed by atoms with E-state index in [1.54, 1.807) is 0 Å². The van der Waals surface area contributed by atoms with Gasteiger partial charge in [-0.05, 0) is 48.1 Å². The van der Waals surface area contributed by atoms with Crippen molar-refractivity contribution in [3.63, 3.8) is 0 Å². The summed E-state index contributed by atoms with van der Waals surface area (Å²) in [7, 11) is 0. The highest BCUT2D eigenvalue weighted by molar-refractivity contribution is 6.06. The number of fused-ring (bicyclic) bond motifs is 2. The third kappa shape index (κ3) is 4.23. The van der Waals surface area contributed by atoms with Gasteiger partial charge in [-0.15, -0.1) is 0 Å². The summed E-state index contributed by atoms with van der Waals surface area (Å²) in [5, 5.41) is 0.761. The number of carbonyl (C=O) groups excluding carboxylic acids is 1. The summed E-state index contributed by atoms with van der Waals surface area (Å²) in [5.74, 6) is -0.291. The van der Waals surface area contributed by atoms with Gasteiger partial charge in [-0.2, -0.15) is 15.0 Å². The van der Waals surface area contributed by atoms with Crippen LogP contribution in [0, 0.1) is 0 Å². The number of para-hydroxylation sites is 1. The van der Waals surface area contributed by atoms with Crippen LogP contribution in [0.5, 0.6) is 0 Å². The van der Waals surface area contributed by atoms with Gasteiger partial charge in [-0.25, -0.2) is 9.78 Å². The molecule has 2 heterocycles. The second-order valence-electron chi connectivity index (χ2n) is 7.81. The van der Waals surface area contributed by atoms with Gasteiger partial charge in [-0.3, -0.25) is 0 Å². The van der Waals surface area contributed by atoms with Crippen LogP contribution < -0.4 is 11.5 Å². The highest BCUT2D eigenvalue weighted by Crippen LogP contribution is 2.36. The molecule has 2 aromatic carbocycles. The highest BCUT2D eigenvalue weighted by Gasteiger charge is 2.26. The quantitative estimate of drug-likeness (QED) is 0.460. The van der Waals surface area contributed by atoms with Crippen molar-refractivity contribution in [3.05, 3.63) is 82.8 Å². The lowest BCUT2D eigenvalue weighted by Crippen LogP contribution is -2.16. The summed E-state index contributed by atoms with van der Waals surface area (Å²) >= 11 is 0. The van der Waals surface area contributed by atoms with E-state index in [1.165, 1.54) is 0 Å². The lowest BCUT2D eigenvalue weighted by Gasteiger charge is -2.22. The molecule has 164 valence electrons. The minimum atomic E-state index is -0.455. The maximum absolute atomic E-state index is 13.3. The summed E-state index contributed by atoms with van der Waals surface area (Å²) in [5.41, 5.74) is 16.5. The third-order valence-electron chi connectivity index (χ3n) is 5.56. The van der Waals surface area contributed by atoms with E-state index in [0.29, 0.717) is 5.56 Å². The molecule has 1 aliphatic rings. The summed E-state index contributed by atoms with van der Waals surface area (Å²) in [6.45, 7) is -0.159. The van der Waals surface area contributed by atoms with Crippen LogP contribution >= 0.6 is 0 Å². The van der Waals surface area contributed by atoms with Crippen LogP contribution in [0.4, 0.5) is 11.9 Å². The van der Waals surface area contributed by atoms with Gasteiger partial charge in [0, 0.05) is 5.39 Å². The highest BCUT2D eigenvalue weighted by atomic mass is 16.5. The van der Waals surface area contributed by atoms with Crippen LogP contribution in [0.25, 0.3) is 22.6 Å². The van der Waals surface area contributed by atoms with Crippen molar-refractivity contribution in [2.75, 3.05) is 11.5 Å². The molecular formula is C25H22N6O2. The summed E-state index contributed by atoms with van der Waals surface area (Å²) in [4.78, 5) is 30.0. The minimum absolute atomic E-state index is 0.0176. The van der Waals surface area contributed by atoms with E-state index >= 15 is 0 Å². The molecule has 5 rings (SSSR count). The Kier molecular flexibility index (Phi) is 5.40. The Morgan fingerprint density at radius 1 is 0.909 bits per heavy atom. The van der Waals surface area contributed by atoms with Crippen molar-refractivity contribution >= 4 is 40.4 Å². The van der Waals surface area contributed by atoms with E-state index in [0.717, 1.165) is 52.6 Å². The Bertz CT molecular complexity index is 1360. The number of hydrogen-bond acceptors (Lipinski definition) is 8. The van der Waals surface area contributed by atoms with Gasteiger partial charge in [0.05, 0.1) is 16.8 Å². The molecule has 4 N–H and O–H groups in total. The zero-order chi connectivity index (χ0) is 22.8. The van der Waals surface area contributed by atoms with E-state index in [-0.39, 0.29) is 24.3 Å². The molecule has 0 spiro atoms. The Hall–Kier alpha value is -4.33. The molecule has 0 amide bonds. The van der Waals surface area contributed by atoms with Crippen molar-refractivity contribution in [2.45, 2.75) is 25.9 Å². The van der Waals surface area contributed by atoms with Gasteiger partial charge < -0.3 is 16.2 Å². The zero-order valence-electron chi connectivity index (χ0n) is 17.9. The van der Waals surface area contributed by atoms with Crippen LogP contribution in [0.2, 0.25) is 0 Å². The first-order valence-electron chi connectivity index (χ1n) is 10.7. The minimum Gasteiger partial charge on any atom is -0.454 e. The standard InChI is InChI=1S/C25H22N6O2/c26-24-29-20(30-25(27)31-24)14-33-23(32)21-17-10-4-5-12-19(17)28-22-16(9-6-11-18(21)22)13-15-7-2-1-3-8-15/h1-5,7-8,10,12-13H,6,9,11,14H2,(H4,26,27,29,30,31)/b16-13+. The van der Waals surface area contributed by atoms with E-state index in [4.69, 9.17) is 21.2 Å². The molecule has 0 saturated carbocycles. The maximum Gasteiger partial charge on any atom is 0.339 e. The molecule has 0 radical (unpaired) electrons. The first kappa shape index (κ1) is 20.6. The Morgan fingerprint density at radius 2 is 1.64 bits per heavy atom. The number of pyridine rings is 1. The van der Waals surface area contributed by atoms with Gasteiger partial charge in [-0.1, -0.05) is 48.5 Å². The van der Waals surface area contributed by atoms with E-state index in [2.05, 4.69) is 33.2 Å². The van der Waals surface area contributed by atoms with Gasteiger partial charge >= 0.3 is 5.97 Å². The van der Waals surface area contributed by atoms with Gasteiger partial charge in [0.2, 0.25) is 11.9 Å². The number of carbonyl (C=O) groups is 1. The molecule has 0 saturated heterocycles. The Balaban J connectivity index is 1.57. The predicted molar refractivity (Wildman–Crippen MR) is 127 cm³/mol. The molecule has 33 heavy (non-hydrogen) atoms. The number of nitrogens with zero attached hydrogens (tertiary/aromatic N) is 4. The lowest BCUT2D eigenvalue weighted by atomic mass is 9.86. The number of nitrogen functional groups attached to an aromatic ring is 2. The lowest BCUT2D eigenvalue weighted by molar-refractivity contribution is 0.0463.